The number of carbonyl (C=O) groups is 2. The molecule has 0 aliphatic carbocycles. The number of amides is 1. The van der Waals surface area contributed by atoms with Crippen LogP contribution in [0, 0.1) is 5.82 Å². The molecule has 1 fully saturated rings. The molecule has 1 atom stereocenters. The van der Waals surface area contributed by atoms with Gasteiger partial charge in [-0.15, -0.1) is 11.8 Å². The molecular formula is C23H29FN6O4S2. The second kappa shape index (κ2) is 14.4. The van der Waals surface area contributed by atoms with Crippen LogP contribution < -0.4 is 21.0 Å². The fourth-order valence-corrected chi connectivity index (χ4v) is 4.31. The van der Waals surface area contributed by atoms with Gasteiger partial charge in [-0.2, -0.15) is 0 Å². The van der Waals surface area contributed by atoms with E-state index in [0.717, 1.165) is 4.90 Å². The van der Waals surface area contributed by atoms with Gasteiger partial charge in [-0.3, -0.25) is 19.6 Å². The van der Waals surface area contributed by atoms with Crippen LogP contribution >= 0.6 is 24.0 Å². The molecule has 0 saturated carbocycles. The Bertz CT molecular complexity index is 1020. The number of halogens is 1. The van der Waals surface area contributed by atoms with Crippen molar-refractivity contribution in [3.05, 3.63) is 48.5 Å². The average molecular weight is 537 g/mol. The quantitative estimate of drug-likeness (QED) is 0.222. The Morgan fingerprint density at radius 2 is 2.08 bits per heavy atom. The molecule has 0 radical (unpaired) electrons. The van der Waals surface area contributed by atoms with Gasteiger partial charge >= 0.3 is 0 Å². The van der Waals surface area contributed by atoms with Gasteiger partial charge < -0.3 is 25.0 Å². The number of hydrogen-bond donors (Lipinski definition) is 3. The fourth-order valence-electron chi connectivity index (χ4n) is 3.46. The number of rotatable bonds is 11. The van der Waals surface area contributed by atoms with E-state index in [1.54, 1.807) is 29.5 Å². The number of aromatic nitrogens is 1. The SMILES string of the molecule is COC(=S)NC[C@@H](CNc1ccc(N2CCNN(C(=O)CSc3ccncc3)CC2)c(F)c1)OC=O. The van der Waals surface area contributed by atoms with E-state index in [9.17, 15) is 14.0 Å². The highest BCUT2D eigenvalue weighted by Gasteiger charge is 2.21. The maximum absolute atomic E-state index is 15.0. The molecule has 13 heteroatoms. The third kappa shape index (κ3) is 8.50. The minimum atomic E-state index is -0.532. The van der Waals surface area contributed by atoms with E-state index in [1.807, 2.05) is 17.0 Å². The van der Waals surface area contributed by atoms with Gasteiger partial charge in [0.15, 0.2) is 0 Å². The van der Waals surface area contributed by atoms with Crippen LogP contribution in [-0.4, -0.2) is 85.8 Å². The number of benzene rings is 1. The van der Waals surface area contributed by atoms with Crippen LogP contribution in [0.1, 0.15) is 0 Å². The number of methoxy groups -OCH3 is 1. The predicted molar refractivity (Wildman–Crippen MR) is 140 cm³/mol. The minimum Gasteiger partial charge on any atom is -0.474 e. The van der Waals surface area contributed by atoms with E-state index in [1.165, 1.54) is 24.9 Å². The lowest BCUT2D eigenvalue weighted by molar-refractivity contribution is -0.133. The number of thioether (sulfide) groups is 1. The number of thiocarbonyl (C=S) groups is 1. The highest BCUT2D eigenvalue weighted by molar-refractivity contribution is 8.00. The van der Waals surface area contributed by atoms with E-state index < -0.39 is 6.10 Å². The zero-order valence-electron chi connectivity index (χ0n) is 19.8. The molecule has 1 aromatic heterocycles. The van der Waals surface area contributed by atoms with Crippen molar-refractivity contribution >= 4 is 52.9 Å². The van der Waals surface area contributed by atoms with Crippen LogP contribution in [0.4, 0.5) is 15.8 Å². The van der Waals surface area contributed by atoms with Crippen molar-refractivity contribution in [2.45, 2.75) is 11.0 Å². The largest absolute Gasteiger partial charge is 0.474 e. The molecule has 1 aliphatic rings. The number of ether oxygens (including phenoxy) is 2. The first-order valence-electron chi connectivity index (χ1n) is 11.3. The highest BCUT2D eigenvalue weighted by Crippen LogP contribution is 2.24. The van der Waals surface area contributed by atoms with Gasteiger partial charge in [-0.1, -0.05) is 0 Å². The van der Waals surface area contributed by atoms with Crippen LogP contribution in [0.5, 0.6) is 0 Å². The third-order valence-corrected chi connectivity index (χ3v) is 6.63. The van der Waals surface area contributed by atoms with Crippen molar-refractivity contribution in [2.24, 2.45) is 0 Å². The number of hydrogen-bond acceptors (Lipinski definition) is 10. The van der Waals surface area contributed by atoms with Crippen LogP contribution in [0.15, 0.2) is 47.6 Å². The molecule has 10 nitrogen and oxygen atoms in total. The molecule has 1 aliphatic heterocycles. The van der Waals surface area contributed by atoms with Crippen molar-refractivity contribution < 1.29 is 23.5 Å². The fraction of sp³-hybridized carbons (Fsp3) is 0.391. The van der Waals surface area contributed by atoms with Gasteiger partial charge in [0, 0.05) is 42.6 Å². The highest BCUT2D eigenvalue weighted by atomic mass is 32.2. The number of carbonyl (C=O) groups excluding carboxylic acids is 2. The Morgan fingerprint density at radius 1 is 1.28 bits per heavy atom. The van der Waals surface area contributed by atoms with Gasteiger partial charge in [-0.25, -0.2) is 9.82 Å². The Hall–Kier alpha value is -3.16. The molecule has 2 aromatic rings. The smallest absolute Gasteiger partial charge is 0.293 e. The molecule has 3 N–H and O–H groups in total. The second-order valence-corrected chi connectivity index (χ2v) is 9.11. The molecule has 1 aromatic carbocycles. The summed E-state index contributed by atoms with van der Waals surface area (Å²) in [5.74, 6) is -0.126. The summed E-state index contributed by atoms with van der Waals surface area (Å²) >= 11 is 6.36. The second-order valence-electron chi connectivity index (χ2n) is 7.69. The van der Waals surface area contributed by atoms with E-state index in [4.69, 9.17) is 21.7 Å². The summed E-state index contributed by atoms with van der Waals surface area (Å²) in [5.41, 5.74) is 4.13. The van der Waals surface area contributed by atoms with Gasteiger partial charge in [0.2, 0.25) is 5.91 Å². The molecule has 0 bridgehead atoms. The van der Waals surface area contributed by atoms with Crippen molar-refractivity contribution in [2.75, 3.05) is 62.3 Å². The molecular weight excluding hydrogens is 507 g/mol. The summed E-state index contributed by atoms with van der Waals surface area (Å²) in [7, 11) is 1.44. The molecule has 0 unspecified atom stereocenters. The lowest BCUT2D eigenvalue weighted by Gasteiger charge is -2.24. The van der Waals surface area contributed by atoms with Crippen LogP contribution in [0.2, 0.25) is 0 Å². The molecule has 1 saturated heterocycles. The van der Waals surface area contributed by atoms with Crippen molar-refractivity contribution in [1.82, 2.24) is 20.7 Å². The molecule has 36 heavy (non-hydrogen) atoms. The Balaban J connectivity index is 1.51. The molecule has 1 amide bonds. The van der Waals surface area contributed by atoms with E-state index >= 15 is 0 Å². The topological polar surface area (TPSA) is 108 Å². The Kier molecular flexibility index (Phi) is 11.0. The van der Waals surface area contributed by atoms with E-state index in [0.29, 0.717) is 49.8 Å². The van der Waals surface area contributed by atoms with Gasteiger partial charge in [0.25, 0.3) is 11.6 Å². The zero-order valence-corrected chi connectivity index (χ0v) is 21.4. The zero-order chi connectivity index (χ0) is 25.8. The lowest BCUT2D eigenvalue weighted by Crippen LogP contribution is -2.44. The van der Waals surface area contributed by atoms with Crippen LogP contribution in [0.3, 0.4) is 0 Å². The average Bonchev–Trinajstić information content (AvgIpc) is 3.15. The molecule has 0 spiro atoms. The van der Waals surface area contributed by atoms with Crippen LogP contribution in [0.25, 0.3) is 0 Å². The summed E-state index contributed by atoms with van der Waals surface area (Å²) in [4.78, 5) is 30.3. The van der Waals surface area contributed by atoms with Gasteiger partial charge in [0.1, 0.15) is 11.9 Å². The monoisotopic (exact) mass is 536 g/mol. The Labute approximate surface area is 218 Å². The summed E-state index contributed by atoms with van der Waals surface area (Å²) in [6.45, 7) is 2.82. The van der Waals surface area contributed by atoms with Crippen molar-refractivity contribution in [3.8, 4) is 0 Å². The van der Waals surface area contributed by atoms with Crippen LogP contribution in [-0.2, 0) is 19.1 Å². The summed E-state index contributed by atoms with van der Waals surface area (Å²) < 4.78 is 24.9. The molecule has 194 valence electrons. The number of nitrogens with one attached hydrogen (secondary N) is 3. The first kappa shape index (κ1) is 27.4. The molecule has 3 rings (SSSR count). The number of anilines is 2. The summed E-state index contributed by atoms with van der Waals surface area (Å²) in [5, 5.41) is 7.66. The minimum absolute atomic E-state index is 0.0356. The van der Waals surface area contributed by atoms with E-state index in [2.05, 4.69) is 21.0 Å². The van der Waals surface area contributed by atoms with Gasteiger partial charge in [-0.05, 0) is 42.5 Å². The first-order chi connectivity index (χ1) is 17.5. The van der Waals surface area contributed by atoms with Gasteiger partial charge in [0.05, 0.1) is 38.2 Å². The maximum Gasteiger partial charge on any atom is 0.293 e. The number of nitrogens with zero attached hydrogens (tertiary/aromatic N) is 3. The normalized spacial score (nSPS) is 14.4. The van der Waals surface area contributed by atoms with E-state index in [-0.39, 0.29) is 30.0 Å². The third-order valence-electron chi connectivity index (χ3n) is 5.32. The lowest BCUT2D eigenvalue weighted by atomic mass is 10.2. The van der Waals surface area contributed by atoms with Crippen molar-refractivity contribution in [1.29, 1.82) is 0 Å². The standard InChI is InChI=1S/C23H29FN6O4S2/c1-33-23(35)27-14-18(34-16-31)13-26-17-2-3-21(20(24)12-17)29-9-8-28-30(11-10-29)22(32)15-36-19-4-6-25-7-5-19/h2-7,12,16,18,26,28H,8-11,13-15H2,1H3,(H,27,35)/t18-/m1/s1. The Morgan fingerprint density at radius 3 is 2.81 bits per heavy atom. The summed E-state index contributed by atoms with van der Waals surface area (Å²) in [6, 6.07) is 8.57. The molecule has 2 heterocycles. The van der Waals surface area contributed by atoms with Crippen molar-refractivity contribution in [3.63, 3.8) is 0 Å². The number of pyridine rings is 1. The first-order valence-corrected chi connectivity index (χ1v) is 12.7. The predicted octanol–water partition coefficient (Wildman–Crippen LogP) is 1.64. The maximum atomic E-state index is 15.0. The number of hydrazine groups is 1. The summed E-state index contributed by atoms with van der Waals surface area (Å²) in [6.07, 6.45) is 2.85.